The van der Waals surface area contributed by atoms with Crippen molar-refractivity contribution in [1.82, 2.24) is 10.2 Å². The molecule has 2 nitrogen and oxygen atoms in total. The van der Waals surface area contributed by atoms with Crippen molar-refractivity contribution in [2.24, 2.45) is 0 Å². The third-order valence-electron chi connectivity index (χ3n) is 2.55. The van der Waals surface area contributed by atoms with Crippen molar-refractivity contribution >= 4 is 0 Å². The molecule has 1 N–H and O–H groups in total. The van der Waals surface area contributed by atoms with E-state index in [0.29, 0.717) is 6.04 Å². The van der Waals surface area contributed by atoms with Crippen LogP contribution in [-0.2, 0) is 0 Å². The van der Waals surface area contributed by atoms with Gasteiger partial charge in [-0.3, -0.25) is 0 Å². The number of nitrogens with one attached hydrogen (secondary N) is 1. The van der Waals surface area contributed by atoms with E-state index in [1.165, 1.54) is 25.9 Å². The van der Waals surface area contributed by atoms with E-state index in [4.69, 9.17) is 0 Å². The fourth-order valence-electron chi connectivity index (χ4n) is 1.47. The molecule has 1 atom stereocenters. The minimum Gasteiger partial charge on any atom is -0.313 e. The number of nitrogens with zero attached hydrogens (tertiary/aromatic N) is 1. The van der Waals surface area contributed by atoms with Crippen LogP contribution in [-0.4, -0.2) is 37.1 Å². The van der Waals surface area contributed by atoms with E-state index in [9.17, 15) is 0 Å². The number of rotatable bonds is 3. The van der Waals surface area contributed by atoms with Crippen LogP contribution in [0.3, 0.4) is 0 Å². The standard InChI is InChI=1S/C9H20N2/c1-8(2)11(3)7-9-5-4-6-10-9/h8-10H,4-7H2,1-3H3. The van der Waals surface area contributed by atoms with Gasteiger partial charge in [0.05, 0.1) is 0 Å². The molecule has 1 aliphatic rings. The Balaban J connectivity index is 2.18. The lowest BCUT2D eigenvalue weighted by molar-refractivity contribution is 0.249. The molecule has 0 aromatic rings. The van der Waals surface area contributed by atoms with Gasteiger partial charge in [-0.15, -0.1) is 0 Å². The summed E-state index contributed by atoms with van der Waals surface area (Å²) in [6, 6.07) is 1.43. The first kappa shape index (κ1) is 9.01. The molecular weight excluding hydrogens is 136 g/mol. The van der Waals surface area contributed by atoms with Crippen LogP contribution in [0, 0.1) is 0 Å². The molecule has 0 bridgehead atoms. The SMILES string of the molecule is CC(C)N(C)CC1CCCN1. The van der Waals surface area contributed by atoms with Gasteiger partial charge in [-0.1, -0.05) is 0 Å². The Morgan fingerprint density at radius 3 is 2.73 bits per heavy atom. The first-order chi connectivity index (χ1) is 5.20. The van der Waals surface area contributed by atoms with E-state index >= 15 is 0 Å². The summed E-state index contributed by atoms with van der Waals surface area (Å²) in [5.74, 6) is 0. The number of hydrogen-bond acceptors (Lipinski definition) is 2. The fraction of sp³-hybridized carbons (Fsp3) is 1.00. The fourth-order valence-corrected chi connectivity index (χ4v) is 1.47. The van der Waals surface area contributed by atoms with Crippen LogP contribution in [0.2, 0.25) is 0 Å². The molecule has 2 heteroatoms. The van der Waals surface area contributed by atoms with Crippen molar-refractivity contribution in [2.75, 3.05) is 20.1 Å². The van der Waals surface area contributed by atoms with E-state index < -0.39 is 0 Å². The summed E-state index contributed by atoms with van der Waals surface area (Å²) in [6.07, 6.45) is 2.72. The third-order valence-corrected chi connectivity index (χ3v) is 2.55. The number of hydrogen-bond donors (Lipinski definition) is 1. The summed E-state index contributed by atoms with van der Waals surface area (Å²) >= 11 is 0. The van der Waals surface area contributed by atoms with Crippen LogP contribution < -0.4 is 5.32 Å². The summed E-state index contributed by atoms with van der Waals surface area (Å²) in [4.78, 5) is 2.41. The van der Waals surface area contributed by atoms with Gasteiger partial charge in [-0.25, -0.2) is 0 Å². The first-order valence-electron chi connectivity index (χ1n) is 4.64. The van der Waals surface area contributed by atoms with Gasteiger partial charge >= 0.3 is 0 Å². The highest BCUT2D eigenvalue weighted by Crippen LogP contribution is 2.07. The molecule has 1 heterocycles. The molecule has 0 saturated carbocycles. The van der Waals surface area contributed by atoms with Gasteiger partial charge in [0.15, 0.2) is 0 Å². The quantitative estimate of drug-likeness (QED) is 0.658. The van der Waals surface area contributed by atoms with Gasteiger partial charge in [0.2, 0.25) is 0 Å². The Labute approximate surface area is 70.0 Å². The molecule has 0 spiro atoms. The van der Waals surface area contributed by atoms with Crippen molar-refractivity contribution in [2.45, 2.75) is 38.8 Å². The molecule has 1 rings (SSSR count). The summed E-state index contributed by atoms with van der Waals surface area (Å²) in [7, 11) is 2.20. The molecule has 0 aromatic carbocycles. The van der Waals surface area contributed by atoms with E-state index in [-0.39, 0.29) is 0 Å². The second kappa shape index (κ2) is 4.07. The van der Waals surface area contributed by atoms with Gasteiger partial charge in [0.1, 0.15) is 0 Å². The zero-order chi connectivity index (χ0) is 8.27. The average Bonchev–Trinajstić information content (AvgIpc) is 2.39. The van der Waals surface area contributed by atoms with Gasteiger partial charge < -0.3 is 10.2 Å². The van der Waals surface area contributed by atoms with Crippen molar-refractivity contribution < 1.29 is 0 Å². The van der Waals surface area contributed by atoms with Crippen LogP contribution in [0.5, 0.6) is 0 Å². The van der Waals surface area contributed by atoms with Crippen molar-refractivity contribution in [3.05, 3.63) is 0 Å². The van der Waals surface area contributed by atoms with E-state index in [1.54, 1.807) is 0 Å². The Hall–Kier alpha value is -0.0800. The van der Waals surface area contributed by atoms with E-state index in [1.807, 2.05) is 0 Å². The average molecular weight is 156 g/mol. The Kier molecular flexibility index (Phi) is 3.34. The molecule has 0 radical (unpaired) electrons. The second-order valence-electron chi connectivity index (χ2n) is 3.83. The molecule has 0 aliphatic carbocycles. The summed E-state index contributed by atoms with van der Waals surface area (Å²) < 4.78 is 0. The van der Waals surface area contributed by atoms with Crippen LogP contribution in [0.1, 0.15) is 26.7 Å². The van der Waals surface area contributed by atoms with Crippen molar-refractivity contribution in [1.29, 1.82) is 0 Å². The molecular formula is C9H20N2. The van der Waals surface area contributed by atoms with Crippen molar-refractivity contribution in [3.8, 4) is 0 Å². The maximum Gasteiger partial charge on any atom is 0.0195 e. The minimum absolute atomic E-state index is 0.678. The van der Waals surface area contributed by atoms with Crippen molar-refractivity contribution in [3.63, 3.8) is 0 Å². The Morgan fingerprint density at radius 1 is 1.55 bits per heavy atom. The van der Waals surface area contributed by atoms with Gasteiger partial charge in [0.25, 0.3) is 0 Å². The van der Waals surface area contributed by atoms with Crippen LogP contribution in [0.15, 0.2) is 0 Å². The molecule has 0 aromatic heterocycles. The van der Waals surface area contributed by atoms with Crippen LogP contribution in [0.25, 0.3) is 0 Å². The minimum atomic E-state index is 0.678. The number of likely N-dealkylation sites (N-methyl/N-ethyl adjacent to an activating group) is 1. The normalized spacial score (nSPS) is 25.4. The molecule has 1 fully saturated rings. The summed E-state index contributed by atoms with van der Waals surface area (Å²) in [6.45, 7) is 6.91. The predicted molar refractivity (Wildman–Crippen MR) is 48.8 cm³/mol. The summed E-state index contributed by atoms with van der Waals surface area (Å²) in [5, 5.41) is 3.50. The smallest absolute Gasteiger partial charge is 0.0195 e. The zero-order valence-corrected chi connectivity index (χ0v) is 7.93. The van der Waals surface area contributed by atoms with Crippen LogP contribution in [0.4, 0.5) is 0 Å². The lowest BCUT2D eigenvalue weighted by Crippen LogP contribution is -2.38. The van der Waals surface area contributed by atoms with Gasteiger partial charge in [-0.2, -0.15) is 0 Å². The molecule has 1 aliphatic heterocycles. The highest BCUT2D eigenvalue weighted by Gasteiger charge is 2.16. The second-order valence-corrected chi connectivity index (χ2v) is 3.83. The van der Waals surface area contributed by atoms with Gasteiger partial charge in [0, 0.05) is 18.6 Å². The van der Waals surface area contributed by atoms with E-state index in [2.05, 4.69) is 31.1 Å². The zero-order valence-electron chi connectivity index (χ0n) is 7.93. The molecule has 1 unspecified atom stereocenters. The predicted octanol–water partition coefficient (Wildman–Crippen LogP) is 1.08. The third kappa shape index (κ3) is 2.80. The first-order valence-corrected chi connectivity index (χ1v) is 4.64. The summed E-state index contributed by atoms with van der Waals surface area (Å²) in [5.41, 5.74) is 0. The monoisotopic (exact) mass is 156 g/mol. The topological polar surface area (TPSA) is 15.3 Å². The van der Waals surface area contributed by atoms with Crippen LogP contribution >= 0.6 is 0 Å². The molecule has 11 heavy (non-hydrogen) atoms. The Morgan fingerprint density at radius 2 is 2.27 bits per heavy atom. The Bertz CT molecular complexity index is 106. The highest BCUT2D eigenvalue weighted by atomic mass is 15.1. The molecule has 0 amide bonds. The highest BCUT2D eigenvalue weighted by molar-refractivity contribution is 4.77. The molecule has 1 saturated heterocycles. The van der Waals surface area contributed by atoms with E-state index in [0.717, 1.165) is 6.04 Å². The maximum atomic E-state index is 3.50. The maximum absolute atomic E-state index is 3.50. The largest absolute Gasteiger partial charge is 0.313 e. The lowest BCUT2D eigenvalue weighted by Gasteiger charge is -2.24. The van der Waals surface area contributed by atoms with Gasteiger partial charge in [-0.05, 0) is 40.3 Å². The lowest BCUT2D eigenvalue weighted by atomic mass is 10.2. The molecule has 66 valence electrons.